The fourth-order valence-corrected chi connectivity index (χ4v) is 1.94. The Bertz CT molecular complexity index is 569. The first kappa shape index (κ1) is 12.2. The number of ether oxygens (including phenoxy) is 1. The molecular formula is C16H14O2. The van der Waals surface area contributed by atoms with Crippen LogP contribution in [0.15, 0.2) is 54.6 Å². The van der Waals surface area contributed by atoms with Gasteiger partial charge in [-0.2, -0.15) is 0 Å². The van der Waals surface area contributed by atoms with Gasteiger partial charge in [0, 0.05) is 11.1 Å². The summed E-state index contributed by atoms with van der Waals surface area (Å²) in [6, 6.07) is 16.4. The molecule has 0 spiro atoms. The fourth-order valence-electron chi connectivity index (χ4n) is 1.94. The number of para-hydroxylation sites is 1. The molecule has 2 heteroatoms. The average molecular weight is 238 g/mol. The number of rotatable bonds is 3. The Hall–Kier alpha value is -2.24. The topological polar surface area (TPSA) is 29.5 Å². The second-order valence-corrected chi connectivity index (χ2v) is 3.92. The molecule has 0 radical (unpaired) electrons. The van der Waals surface area contributed by atoms with E-state index >= 15 is 0 Å². The number of hydrogen-bond donors (Lipinski definition) is 1. The van der Waals surface area contributed by atoms with Crippen molar-refractivity contribution in [3.63, 3.8) is 0 Å². The largest absolute Gasteiger partial charge is 0.496 e. The van der Waals surface area contributed by atoms with E-state index in [1.807, 2.05) is 30.3 Å². The van der Waals surface area contributed by atoms with Crippen LogP contribution in [0.25, 0.3) is 0 Å². The fraction of sp³-hybridized carbons (Fsp3) is 0.125. The van der Waals surface area contributed by atoms with Gasteiger partial charge in [-0.25, -0.2) is 0 Å². The van der Waals surface area contributed by atoms with Crippen molar-refractivity contribution in [1.82, 2.24) is 0 Å². The van der Waals surface area contributed by atoms with Crippen LogP contribution in [0.2, 0.25) is 0 Å². The van der Waals surface area contributed by atoms with Gasteiger partial charge in [0.1, 0.15) is 5.75 Å². The predicted molar refractivity (Wildman–Crippen MR) is 71.3 cm³/mol. The van der Waals surface area contributed by atoms with Crippen molar-refractivity contribution in [2.75, 3.05) is 7.11 Å². The van der Waals surface area contributed by atoms with Crippen molar-refractivity contribution in [2.24, 2.45) is 0 Å². The standard InChI is InChI=1S/C16H14O2/c1-3-16(17,13-9-5-4-6-10-13)14-11-7-8-12-15(14)18-2/h1,4-12,17H,2H3. The molecule has 2 nitrogen and oxygen atoms in total. The van der Waals surface area contributed by atoms with Crippen LogP contribution in [0, 0.1) is 12.3 Å². The highest BCUT2D eigenvalue weighted by Gasteiger charge is 2.31. The minimum atomic E-state index is -1.48. The van der Waals surface area contributed by atoms with E-state index in [1.54, 1.807) is 31.4 Å². The molecule has 0 fully saturated rings. The lowest BCUT2D eigenvalue weighted by Crippen LogP contribution is -2.25. The molecule has 0 bridgehead atoms. The van der Waals surface area contributed by atoms with Crippen molar-refractivity contribution in [2.45, 2.75) is 5.60 Å². The van der Waals surface area contributed by atoms with Gasteiger partial charge in [-0.05, 0) is 6.07 Å². The van der Waals surface area contributed by atoms with Crippen LogP contribution in [-0.2, 0) is 5.60 Å². The van der Waals surface area contributed by atoms with Crippen molar-refractivity contribution >= 4 is 0 Å². The van der Waals surface area contributed by atoms with Crippen LogP contribution in [-0.4, -0.2) is 12.2 Å². The highest BCUT2D eigenvalue weighted by atomic mass is 16.5. The van der Waals surface area contributed by atoms with Crippen LogP contribution in [0.3, 0.4) is 0 Å². The van der Waals surface area contributed by atoms with E-state index < -0.39 is 5.60 Å². The molecule has 0 saturated carbocycles. The zero-order chi connectivity index (χ0) is 13.0. The van der Waals surface area contributed by atoms with Gasteiger partial charge in [0.05, 0.1) is 7.11 Å². The lowest BCUT2D eigenvalue weighted by Gasteiger charge is -2.25. The molecule has 1 atom stereocenters. The molecule has 0 heterocycles. The Kier molecular flexibility index (Phi) is 3.36. The van der Waals surface area contributed by atoms with Gasteiger partial charge in [-0.15, -0.1) is 6.42 Å². The molecule has 0 amide bonds. The molecular weight excluding hydrogens is 224 g/mol. The first-order valence-electron chi connectivity index (χ1n) is 5.61. The molecule has 2 aromatic carbocycles. The monoisotopic (exact) mass is 238 g/mol. The molecule has 18 heavy (non-hydrogen) atoms. The third kappa shape index (κ3) is 1.97. The van der Waals surface area contributed by atoms with E-state index in [1.165, 1.54) is 0 Å². The molecule has 0 aromatic heterocycles. The Balaban J connectivity index is 2.62. The van der Waals surface area contributed by atoms with E-state index in [-0.39, 0.29) is 0 Å². The number of benzene rings is 2. The first-order valence-corrected chi connectivity index (χ1v) is 5.61. The molecule has 0 saturated heterocycles. The summed E-state index contributed by atoms with van der Waals surface area (Å²) in [5.41, 5.74) is -0.258. The van der Waals surface area contributed by atoms with E-state index in [2.05, 4.69) is 5.92 Å². The maximum atomic E-state index is 10.8. The summed E-state index contributed by atoms with van der Waals surface area (Å²) in [5.74, 6) is 3.03. The lowest BCUT2D eigenvalue weighted by atomic mass is 9.86. The second kappa shape index (κ2) is 4.95. The van der Waals surface area contributed by atoms with Crippen LogP contribution in [0.4, 0.5) is 0 Å². The van der Waals surface area contributed by atoms with Crippen LogP contribution in [0.5, 0.6) is 5.75 Å². The molecule has 1 unspecified atom stereocenters. The number of aliphatic hydroxyl groups is 1. The van der Waals surface area contributed by atoms with Crippen molar-refractivity contribution < 1.29 is 9.84 Å². The van der Waals surface area contributed by atoms with Crippen molar-refractivity contribution in [1.29, 1.82) is 0 Å². The van der Waals surface area contributed by atoms with E-state index in [4.69, 9.17) is 11.2 Å². The van der Waals surface area contributed by atoms with E-state index in [0.29, 0.717) is 16.9 Å². The normalized spacial score (nSPS) is 13.4. The van der Waals surface area contributed by atoms with Gasteiger partial charge in [-0.1, -0.05) is 54.5 Å². The summed E-state index contributed by atoms with van der Waals surface area (Å²) >= 11 is 0. The van der Waals surface area contributed by atoms with Gasteiger partial charge in [0.2, 0.25) is 0 Å². The van der Waals surface area contributed by atoms with Gasteiger partial charge < -0.3 is 9.84 Å². The predicted octanol–water partition coefficient (Wildman–Crippen LogP) is 2.56. The third-order valence-electron chi connectivity index (χ3n) is 2.90. The highest BCUT2D eigenvalue weighted by Crippen LogP contribution is 2.34. The SMILES string of the molecule is C#CC(O)(c1ccccc1)c1ccccc1OC. The lowest BCUT2D eigenvalue weighted by molar-refractivity contribution is 0.141. The van der Waals surface area contributed by atoms with Crippen LogP contribution >= 0.6 is 0 Å². The Morgan fingerprint density at radius 1 is 1.06 bits per heavy atom. The summed E-state index contributed by atoms with van der Waals surface area (Å²) in [7, 11) is 1.56. The summed E-state index contributed by atoms with van der Waals surface area (Å²) in [6.07, 6.45) is 5.54. The van der Waals surface area contributed by atoms with Gasteiger partial charge in [0.15, 0.2) is 5.60 Å². The van der Waals surface area contributed by atoms with Gasteiger partial charge in [0.25, 0.3) is 0 Å². The van der Waals surface area contributed by atoms with Crippen LogP contribution in [0.1, 0.15) is 11.1 Å². The number of terminal acetylenes is 1. The zero-order valence-electron chi connectivity index (χ0n) is 10.1. The maximum absolute atomic E-state index is 10.8. The summed E-state index contributed by atoms with van der Waals surface area (Å²) < 4.78 is 5.26. The molecule has 2 aromatic rings. The number of hydrogen-bond acceptors (Lipinski definition) is 2. The Morgan fingerprint density at radius 3 is 2.28 bits per heavy atom. The van der Waals surface area contributed by atoms with Gasteiger partial charge >= 0.3 is 0 Å². The summed E-state index contributed by atoms with van der Waals surface area (Å²) in [4.78, 5) is 0. The molecule has 0 aliphatic carbocycles. The summed E-state index contributed by atoms with van der Waals surface area (Å²) in [5, 5.41) is 10.8. The quantitative estimate of drug-likeness (QED) is 0.833. The average Bonchev–Trinajstić information content (AvgIpc) is 2.47. The van der Waals surface area contributed by atoms with Crippen molar-refractivity contribution in [3.8, 4) is 18.1 Å². The molecule has 90 valence electrons. The van der Waals surface area contributed by atoms with Crippen LogP contribution < -0.4 is 4.74 Å². The second-order valence-electron chi connectivity index (χ2n) is 3.92. The zero-order valence-corrected chi connectivity index (χ0v) is 10.1. The Morgan fingerprint density at radius 2 is 1.67 bits per heavy atom. The molecule has 0 aliphatic rings. The first-order chi connectivity index (χ1) is 8.72. The minimum Gasteiger partial charge on any atom is -0.496 e. The van der Waals surface area contributed by atoms with E-state index in [0.717, 1.165) is 0 Å². The minimum absolute atomic E-state index is 0.571. The smallest absolute Gasteiger partial charge is 0.180 e. The number of methoxy groups -OCH3 is 1. The molecule has 1 N–H and O–H groups in total. The maximum Gasteiger partial charge on any atom is 0.180 e. The Labute approximate surface area is 107 Å². The third-order valence-corrected chi connectivity index (χ3v) is 2.90. The molecule has 0 aliphatic heterocycles. The molecule has 2 rings (SSSR count). The van der Waals surface area contributed by atoms with E-state index in [9.17, 15) is 5.11 Å². The van der Waals surface area contributed by atoms with Gasteiger partial charge in [-0.3, -0.25) is 0 Å². The highest BCUT2D eigenvalue weighted by molar-refractivity contribution is 5.50. The summed E-state index contributed by atoms with van der Waals surface area (Å²) in [6.45, 7) is 0. The van der Waals surface area contributed by atoms with Crippen molar-refractivity contribution in [3.05, 3.63) is 65.7 Å².